The zero-order valence-corrected chi connectivity index (χ0v) is 55.2. The number of fused-ring (bicyclic) bond motifs is 1. The Morgan fingerprint density at radius 3 is 1.46 bits per heavy atom. The number of hydrogen-bond acceptors (Lipinski definition) is 37. The van der Waals surface area contributed by atoms with Gasteiger partial charge in [0.25, 0.3) is 0 Å². The number of aliphatic hydroxyl groups is 16. The lowest BCUT2D eigenvalue weighted by molar-refractivity contribution is -0.357. The number of methoxy groups -OCH3 is 1. The molecule has 10 rings (SSSR count). The number of carboxylic acid groups (broad SMARTS) is 1. The Morgan fingerprint density at radius 2 is 0.915 bits per heavy atom. The van der Waals surface area contributed by atoms with Crippen LogP contribution >= 0.6 is 0 Å². The number of aliphatic hydroxyl groups excluding tert-OH is 16. The minimum Gasteiger partial charge on any atom is -0.507 e. The van der Waals surface area contributed by atoms with Crippen LogP contribution in [-0.4, -0.2) is 320 Å². The van der Waals surface area contributed by atoms with Gasteiger partial charge in [-0.05, 0) is 59.7 Å². The predicted molar refractivity (Wildman–Crippen MR) is 343 cm³/mol. The molecule has 0 bridgehead atoms. The third-order valence-corrected chi connectivity index (χ3v) is 17.4. The van der Waals surface area contributed by atoms with Crippen molar-refractivity contribution in [3.63, 3.8) is 0 Å². The average molecular weight is 1510 g/mol. The van der Waals surface area contributed by atoms with Crippen LogP contribution in [-0.2, 0) is 61.8 Å². The number of phenolic OH excluding ortho intramolecular Hbond substituents is 3. The van der Waals surface area contributed by atoms with Crippen molar-refractivity contribution in [2.45, 2.75) is 160 Å². The first-order valence-corrected chi connectivity index (χ1v) is 32.3. The van der Waals surface area contributed by atoms with Crippen molar-refractivity contribution >= 4 is 47.0 Å². The van der Waals surface area contributed by atoms with Gasteiger partial charge in [0.1, 0.15) is 165 Å². The number of benzene rings is 4. The van der Waals surface area contributed by atoms with E-state index in [2.05, 4.69) is 0 Å². The number of rotatable bonds is 26. The molecular formula is C67H77O39+. The summed E-state index contributed by atoms with van der Waals surface area (Å²) in [4.78, 5) is 49.4. The molecule has 0 saturated carbocycles. The van der Waals surface area contributed by atoms with Crippen LogP contribution in [0.15, 0.2) is 95.4 Å². The molecule has 5 aliphatic heterocycles. The van der Waals surface area contributed by atoms with Gasteiger partial charge in [0.05, 0.1) is 32.0 Å². The fourth-order valence-electron chi connectivity index (χ4n) is 11.5. The van der Waals surface area contributed by atoms with Gasteiger partial charge in [-0.3, -0.25) is 9.59 Å². The number of esters is 3. The monoisotopic (exact) mass is 1510 g/mol. The standard InChI is InChI=1S/C67H76O39/c1-92-36-14-26(4-11-33(36)98-64-58(89)52(83)47(78)38(20-68)101-64)6-13-45(76)93-22-40-49(80)54(85)57(88)63(103-40)96-29-8-2-25(3-9-29)5-12-44(75)94-23-42-51(82)56(87)62(106-66-60(91)53(84)48(79)39(21-69)102-66)67(105-42)100-37-18-30-34(97-61(37)27-7-10-31(71)32(72)15-27)16-28(70)17-35(30)99-65-59(90)55(86)50(81)41(104-65)24-95-46(77)19-43(73)74/h2-18,38-42,47-60,62-69,78-91H,19-24H2,1H3,(H3-,70,71,72,73,74)/p+1/b12-5+,13-6+/t38-,39-,40-,41-,42-,47-,48-,49-,50-,51-,52+,53+,54+,55+,56+,57-,58-,59-,60-,62-,63-,64-,65-,66+,67-/m1/s1. The molecule has 1 aromatic heterocycles. The number of carboxylic acids is 1. The summed E-state index contributed by atoms with van der Waals surface area (Å²) in [6, 6.07) is 16.1. The largest absolute Gasteiger partial charge is 0.507 e. The van der Waals surface area contributed by atoms with E-state index in [0.717, 1.165) is 42.5 Å². The highest BCUT2D eigenvalue weighted by Crippen LogP contribution is 2.44. The SMILES string of the molecule is COc1cc(/C=C/C(=O)OC[C@H]2O[C@@H](Oc3ccc(/C=C/C(=O)OC[C@H]4O[C@@H](Oc5cc6c(O[C@@H]7O[C@H](COC(=O)CC(=O)O)[C@@H](O)[C@H](O)[C@H]7O)cc(O)cc6[o+]c5-c5ccc(O)c(O)c5)[C@H](O[C@@H]5O[C@H](CO)[C@@H](O)[C@H](O)[C@H]5O)[C@@H](O)[C@@H]4O)cc3)[C@H](O)[C@@H](O)[C@@H]2O)ccc1O[C@@H]1O[C@H](CO)[C@@H](O)[C@H](O)[C@H]1O. The molecular weight excluding hydrogens is 1430 g/mol. The number of carbonyl (C=O) groups is 4. The van der Waals surface area contributed by atoms with Crippen molar-refractivity contribution < 1.29 is 192 Å². The molecule has 0 unspecified atom stereocenters. The lowest BCUT2D eigenvalue weighted by atomic mass is 9.97. The van der Waals surface area contributed by atoms with Crippen LogP contribution < -0.4 is 23.7 Å². The maximum absolute atomic E-state index is 13.4. The van der Waals surface area contributed by atoms with Crippen molar-refractivity contribution in [1.82, 2.24) is 0 Å². The summed E-state index contributed by atoms with van der Waals surface area (Å²) in [5, 5.41) is 212. The van der Waals surface area contributed by atoms with E-state index < -0.39 is 251 Å². The number of aliphatic carboxylic acids is 1. The predicted octanol–water partition coefficient (Wildman–Crippen LogP) is -5.40. The first kappa shape index (κ1) is 79.7. The van der Waals surface area contributed by atoms with Gasteiger partial charge in [-0.15, -0.1) is 0 Å². The summed E-state index contributed by atoms with van der Waals surface area (Å²) in [5.74, 6) is -8.08. The Hall–Kier alpha value is -8.83. The molecule has 0 aliphatic carbocycles. The average Bonchev–Trinajstić information content (AvgIpc) is 0.761. The van der Waals surface area contributed by atoms with E-state index in [1.54, 1.807) is 0 Å². The first-order chi connectivity index (χ1) is 50.4. The summed E-state index contributed by atoms with van der Waals surface area (Å²) in [6.45, 7) is -4.06. The highest BCUT2D eigenvalue weighted by molar-refractivity contribution is 5.91. The van der Waals surface area contributed by atoms with Crippen molar-refractivity contribution in [3.05, 3.63) is 102 Å². The lowest BCUT2D eigenvalue weighted by Crippen LogP contribution is -2.65. The van der Waals surface area contributed by atoms with Gasteiger partial charge >= 0.3 is 35.2 Å². The third-order valence-electron chi connectivity index (χ3n) is 17.4. The topological polar surface area (TPSA) is 613 Å². The van der Waals surface area contributed by atoms with Crippen LogP contribution in [0.3, 0.4) is 0 Å². The van der Waals surface area contributed by atoms with E-state index in [1.165, 1.54) is 67.8 Å². The fourth-order valence-corrected chi connectivity index (χ4v) is 11.5. The quantitative estimate of drug-likeness (QED) is 0.00614. The van der Waals surface area contributed by atoms with Gasteiger partial charge in [-0.25, -0.2) is 14.0 Å². The molecule has 0 radical (unpaired) electrons. The Kier molecular flexibility index (Phi) is 26.2. The van der Waals surface area contributed by atoms with Crippen molar-refractivity contribution in [2.75, 3.05) is 40.1 Å². The lowest BCUT2D eigenvalue weighted by Gasteiger charge is -2.45. The highest BCUT2D eigenvalue weighted by atomic mass is 16.8. The van der Waals surface area contributed by atoms with Crippen LogP contribution in [0.2, 0.25) is 0 Å². The van der Waals surface area contributed by atoms with Crippen LogP contribution in [0.4, 0.5) is 0 Å². The fraction of sp³-hybridized carbons (Fsp3) is 0.478. The van der Waals surface area contributed by atoms with Crippen LogP contribution in [0.25, 0.3) is 34.4 Å². The van der Waals surface area contributed by atoms with E-state index in [0.29, 0.717) is 11.1 Å². The number of aromatic hydroxyl groups is 3. The second-order valence-electron chi connectivity index (χ2n) is 24.7. The summed E-state index contributed by atoms with van der Waals surface area (Å²) >= 11 is 0. The summed E-state index contributed by atoms with van der Waals surface area (Å²) < 4.78 is 85.2. The van der Waals surface area contributed by atoms with Crippen LogP contribution in [0.1, 0.15) is 17.5 Å². The molecule has 5 fully saturated rings. The Labute approximate surface area is 596 Å². The van der Waals surface area contributed by atoms with Crippen LogP contribution in [0.5, 0.6) is 46.0 Å². The zero-order valence-electron chi connectivity index (χ0n) is 55.2. The van der Waals surface area contributed by atoms with Gasteiger partial charge < -0.3 is 168 Å². The Balaban J connectivity index is 0.816. The van der Waals surface area contributed by atoms with Crippen molar-refractivity contribution in [3.8, 4) is 57.3 Å². The maximum atomic E-state index is 13.4. The van der Waals surface area contributed by atoms with Gasteiger partial charge in [-0.1, -0.05) is 18.2 Å². The molecule has 39 nitrogen and oxygen atoms in total. The minimum absolute atomic E-state index is 0.0155. The third kappa shape index (κ3) is 18.4. The number of carbonyl (C=O) groups excluding carboxylic acids is 3. The van der Waals surface area contributed by atoms with Crippen molar-refractivity contribution in [1.29, 1.82) is 0 Å². The first-order valence-electron chi connectivity index (χ1n) is 32.3. The summed E-state index contributed by atoms with van der Waals surface area (Å²) in [7, 11) is 1.29. The van der Waals surface area contributed by atoms with E-state index in [9.17, 15) is 116 Å². The van der Waals surface area contributed by atoms with E-state index in [-0.39, 0.29) is 33.8 Å². The molecule has 6 heterocycles. The van der Waals surface area contributed by atoms with Crippen molar-refractivity contribution in [2.24, 2.45) is 0 Å². The zero-order chi connectivity index (χ0) is 76.7. The summed E-state index contributed by atoms with van der Waals surface area (Å²) in [6.07, 6.45) is -42.9. The molecule has 5 aliphatic rings. The van der Waals surface area contributed by atoms with Crippen LogP contribution in [0, 0.1) is 0 Å². The number of phenols is 3. The second-order valence-corrected chi connectivity index (χ2v) is 24.7. The van der Waals surface area contributed by atoms with Gasteiger partial charge in [-0.2, -0.15) is 0 Å². The van der Waals surface area contributed by atoms with Gasteiger partial charge in [0.2, 0.25) is 30.9 Å². The molecule has 4 aromatic carbocycles. The van der Waals surface area contributed by atoms with E-state index in [4.69, 9.17) is 75.8 Å². The molecule has 0 amide bonds. The molecule has 5 aromatic rings. The number of ether oxygens (including phenoxy) is 14. The normalized spacial score (nSPS) is 33.3. The number of hydrogen-bond donors (Lipinski definition) is 20. The smallest absolute Gasteiger partial charge is 0.402 e. The van der Waals surface area contributed by atoms with Gasteiger partial charge in [0, 0.05) is 30.4 Å². The van der Waals surface area contributed by atoms with Gasteiger partial charge in [0.15, 0.2) is 35.4 Å². The molecule has 578 valence electrons. The second kappa shape index (κ2) is 34.8. The minimum atomic E-state index is -2.22. The summed E-state index contributed by atoms with van der Waals surface area (Å²) in [5.41, 5.74) is 0.261. The molecule has 5 saturated heterocycles. The highest BCUT2D eigenvalue weighted by Gasteiger charge is 2.54. The van der Waals surface area contributed by atoms with E-state index in [1.807, 2.05) is 0 Å². The maximum Gasteiger partial charge on any atom is 0.402 e. The molecule has 106 heavy (non-hydrogen) atoms. The molecule has 39 heteroatoms. The van der Waals surface area contributed by atoms with E-state index >= 15 is 0 Å². The molecule has 20 N–H and O–H groups in total. The Morgan fingerprint density at radius 1 is 0.443 bits per heavy atom. The molecule has 0 spiro atoms. The Bertz CT molecular complexity index is 3910. The molecule has 25 atom stereocenters.